The summed E-state index contributed by atoms with van der Waals surface area (Å²) in [5, 5.41) is 8.05. The third-order valence-electron chi connectivity index (χ3n) is 4.27. The first kappa shape index (κ1) is 14.1. The Labute approximate surface area is 126 Å². The van der Waals surface area contributed by atoms with Gasteiger partial charge in [0, 0.05) is 31.6 Å². The van der Waals surface area contributed by atoms with Crippen molar-refractivity contribution >= 4 is 5.69 Å². The van der Waals surface area contributed by atoms with Crippen molar-refractivity contribution in [3.05, 3.63) is 42.0 Å². The minimum absolute atomic E-state index is 0.604. The number of rotatable bonds is 6. The number of nitrogens with zero attached hydrogens (tertiary/aromatic N) is 3. The summed E-state index contributed by atoms with van der Waals surface area (Å²) in [7, 11) is 2.02. The second-order valence-corrected chi connectivity index (χ2v) is 5.89. The van der Waals surface area contributed by atoms with Gasteiger partial charge in [0.15, 0.2) is 5.82 Å². The van der Waals surface area contributed by atoms with E-state index in [0.717, 1.165) is 31.0 Å². The highest BCUT2D eigenvalue weighted by Gasteiger charge is 2.21. The molecule has 0 radical (unpaired) electrons. The van der Waals surface area contributed by atoms with Gasteiger partial charge in [0.1, 0.15) is 5.82 Å². The molecule has 0 aliphatic heterocycles. The fourth-order valence-corrected chi connectivity index (χ4v) is 3.05. The summed E-state index contributed by atoms with van der Waals surface area (Å²) in [4.78, 5) is 4.76. The van der Waals surface area contributed by atoms with E-state index in [4.69, 9.17) is 4.98 Å². The standard InChI is InChI=1S/C17H24N4/c1-21-16(19-17(20-21)14-8-5-6-9-14)12-7-13-18-15-10-3-2-4-11-15/h2-4,10-11,14,18H,5-9,12-13H2,1H3. The van der Waals surface area contributed by atoms with Gasteiger partial charge in [-0.25, -0.2) is 4.98 Å². The maximum atomic E-state index is 4.76. The molecule has 112 valence electrons. The molecule has 3 rings (SSSR count). The molecule has 1 aromatic heterocycles. The zero-order valence-electron chi connectivity index (χ0n) is 12.8. The number of aromatic nitrogens is 3. The Morgan fingerprint density at radius 3 is 2.71 bits per heavy atom. The van der Waals surface area contributed by atoms with Gasteiger partial charge >= 0.3 is 0 Å². The highest BCUT2D eigenvalue weighted by atomic mass is 15.3. The average molecular weight is 284 g/mol. The molecule has 1 aliphatic carbocycles. The molecule has 1 aliphatic rings. The van der Waals surface area contributed by atoms with Crippen LogP contribution >= 0.6 is 0 Å². The lowest BCUT2D eigenvalue weighted by atomic mass is 10.1. The molecule has 0 bridgehead atoms. The average Bonchev–Trinajstić information content (AvgIpc) is 3.15. The van der Waals surface area contributed by atoms with E-state index in [2.05, 4.69) is 34.7 Å². The molecular formula is C17H24N4. The van der Waals surface area contributed by atoms with E-state index >= 15 is 0 Å². The van der Waals surface area contributed by atoms with Crippen LogP contribution in [0.25, 0.3) is 0 Å². The van der Waals surface area contributed by atoms with E-state index < -0.39 is 0 Å². The summed E-state index contributed by atoms with van der Waals surface area (Å²) in [5.74, 6) is 2.79. The van der Waals surface area contributed by atoms with Crippen molar-refractivity contribution in [2.75, 3.05) is 11.9 Å². The normalized spacial score (nSPS) is 15.5. The number of aryl methyl sites for hydroxylation is 2. The lowest BCUT2D eigenvalue weighted by Crippen LogP contribution is -2.06. The molecule has 1 N–H and O–H groups in total. The molecule has 0 spiro atoms. The molecule has 0 amide bonds. The highest BCUT2D eigenvalue weighted by Crippen LogP contribution is 2.32. The van der Waals surface area contributed by atoms with Crippen molar-refractivity contribution in [1.82, 2.24) is 14.8 Å². The van der Waals surface area contributed by atoms with Gasteiger partial charge in [-0.3, -0.25) is 4.68 Å². The van der Waals surface area contributed by atoms with Gasteiger partial charge in [0.05, 0.1) is 0 Å². The first-order valence-electron chi connectivity index (χ1n) is 8.01. The smallest absolute Gasteiger partial charge is 0.154 e. The number of para-hydroxylation sites is 1. The van der Waals surface area contributed by atoms with Crippen LogP contribution in [0.3, 0.4) is 0 Å². The molecular weight excluding hydrogens is 260 g/mol. The van der Waals surface area contributed by atoms with E-state index in [1.165, 1.54) is 31.4 Å². The van der Waals surface area contributed by atoms with Crippen molar-refractivity contribution in [1.29, 1.82) is 0 Å². The molecule has 1 heterocycles. The summed E-state index contributed by atoms with van der Waals surface area (Å²) in [6.45, 7) is 0.968. The van der Waals surface area contributed by atoms with Gasteiger partial charge in [-0.15, -0.1) is 0 Å². The fourth-order valence-electron chi connectivity index (χ4n) is 3.05. The Balaban J connectivity index is 1.49. The van der Waals surface area contributed by atoms with Crippen LogP contribution in [0.4, 0.5) is 5.69 Å². The topological polar surface area (TPSA) is 42.7 Å². The Morgan fingerprint density at radius 1 is 1.19 bits per heavy atom. The Bertz CT molecular complexity index is 555. The van der Waals surface area contributed by atoms with Crippen LogP contribution in [0, 0.1) is 0 Å². The van der Waals surface area contributed by atoms with Crippen LogP contribution < -0.4 is 5.32 Å². The molecule has 4 nitrogen and oxygen atoms in total. The maximum Gasteiger partial charge on any atom is 0.154 e. The van der Waals surface area contributed by atoms with Crippen molar-refractivity contribution in [2.24, 2.45) is 7.05 Å². The van der Waals surface area contributed by atoms with Crippen LogP contribution in [0.15, 0.2) is 30.3 Å². The predicted octanol–water partition coefficient (Wildman–Crippen LogP) is 3.52. The van der Waals surface area contributed by atoms with E-state index in [0.29, 0.717) is 5.92 Å². The number of hydrogen-bond acceptors (Lipinski definition) is 3. The van der Waals surface area contributed by atoms with E-state index in [1.54, 1.807) is 0 Å². The minimum atomic E-state index is 0.604. The fraction of sp³-hybridized carbons (Fsp3) is 0.529. The van der Waals surface area contributed by atoms with Gasteiger partial charge in [0.25, 0.3) is 0 Å². The molecule has 1 aromatic carbocycles. The third kappa shape index (κ3) is 3.63. The zero-order chi connectivity index (χ0) is 14.5. The van der Waals surface area contributed by atoms with E-state index in [9.17, 15) is 0 Å². The second kappa shape index (κ2) is 6.74. The van der Waals surface area contributed by atoms with Gasteiger partial charge in [0.2, 0.25) is 0 Å². The molecule has 4 heteroatoms. The van der Waals surface area contributed by atoms with Crippen LogP contribution in [-0.4, -0.2) is 21.3 Å². The van der Waals surface area contributed by atoms with E-state index in [1.807, 2.05) is 17.8 Å². The molecule has 1 saturated carbocycles. The molecule has 0 unspecified atom stereocenters. The summed E-state index contributed by atoms with van der Waals surface area (Å²) >= 11 is 0. The summed E-state index contributed by atoms with van der Waals surface area (Å²) in [6.07, 6.45) is 7.25. The highest BCUT2D eigenvalue weighted by molar-refractivity contribution is 5.42. The predicted molar refractivity (Wildman–Crippen MR) is 85.5 cm³/mol. The first-order chi connectivity index (χ1) is 10.3. The molecule has 0 saturated heterocycles. The lowest BCUT2D eigenvalue weighted by molar-refractivity contribution is 0.639. The number of anilines is 1. The monoisotopic (exact) mass is 284 g/mol. The minimum Gasteiger partial charge on any atom is -0.385 e. The number of hydrogen-bond donors (Lipinski definition) is 1. The Hall–Kier alpha value is -1.84. The quantitative estimate of drug-likeness (QED) is 0.825. The number of benzene rings is 1. The van der Waals surface area contributed by atoms with Crippen molar-refractivity contribution in [3.8, 4) is 0 Å². The SMILES string of the molecule is Cn1nc(C2CCCC2)nc1CCCNc1ccccc1. The summed E-state index contributed by atoms with van der Waals surface area (Å²) in [5.41, 5.74) is 1.18. The van der Waals surface area contributed by atoms with E-state index in [-0.39, 0.29) is 0 Å². The summed E-state index contributed by atoms with van der Waals surface area (Å²) < 4.78 is 1.97. The maximum absolute atomic E-state index is 4.76. The largest absolute Gasteiger partial charge is 0.385 e. The van der Waals surface area contributed by atoms with Crippen molar-refractivity contribution in [3.63, 3.8) is 0 Å². The molecule has 0 atom stereocenters. The van der Waals surface area contributed by atoms with Crippen LogP contribution in [0.5, 0.6) is 0 Å². The van der Waals surface area contributed by atoms with Gasteiger partial charge < -0.3 is 5.32 Å². The van der Waals surface area contributed by atoms with Crippen molar-refractivity contribution < 1.29 is 0 Å². The van der Waals surface area contributed by atoms with Crippen LogP contribution in [0.1, 0.15) is 49.7 Å². The molecule has 1 fully saturated rings. The molecule has 21 heavy (non-hydrogen) atoms. The van der Waals surface area contributed by atoms with Gasteiger partial charge in [-0.2, -0.15) is 5.10 Å². The van der Waals surface area contributed by atoms with Gasteiger partial charge in [-0.1, -0.05) is 31.0 Å². The van der Waals surface area contributed by atoms with Crippen molar-refractivity contribution in [2.45, 2.75) is 44.4 Å². The van der Waals surface area contributed by atoms with Crippen LogP contribution in [-0.2, 0) is 13.5 Å². The Kier molecular flexibility index (Phi) is 4.53. The number of nitrogens with one attached hydrogen (secondary N) is 1. The first-order valence-corrected chi connectivity index (χ1v) is 8.01. The third-order valence-corrected chi connectivity index (χ3v) is 4.27. The lowest BCUT2D eigenvalue weighted by Gasteiger charge is -2.05. The zero-order valence-corrected chi connectivity index (χ0v) is 12.8. The van der Waals surface area contributed by atoms with Crippen LogP contribution in [0.2, 0.25) is 0 Å². The second-order valence-electron chi connectivity index (χ2n) is 5.89. The molecule has 2 aromatic rings. The summed E-state index contributed by atoms with van der Waals surface area (Å²) in [6, 6.07) is 10.3. The Morgan fingerprint density at radius 2 is 1.95 bits per heavy atom. The van der Waals surface area contributed by atoms with Gasteiger partial charge in [-0.05, 0) is 31.4 Å².